The fourth-order valence-corrected chi connectivity index (χ4v) is 2.65. The van der Waals surface area contributed by atoms with Crippen LogP contribution < -0.4 is 0 Å². The molecule has 2 aromatic rings. The molecule has 0 saturated carbocycles. The van der Waals surface area contributed by atoms with Crippen LogP contribution in [-0.4, -0.2) is 21.1 Å². The van der Waals surface area contributed by atoms with E-state index in [1.807, 2.05) is 0 Å². The van der Waals surface area contributed by atoms with Gasteiger partial charge in [0.2, 0.25) is 0 Å². The molecular weight excluding hydrogens is 452 g/mol. The molecule has 128 valence electrons. The first kappa shape index (κ1) is 19.0. The van der Waals surface area contributed by atoms with Gasteiger partial charge in [-0.15, -0.1) is 0 Å². The van der Waals surface area contributed by atoms with Crippen molar-refractivity contribution in [2.24, 2.45) is 0 Å². The summed E-state index contributed by atoms with van der Waals surface area (Å²) in [6.45, 7) is 0. The van der Waals surface area contributed by atoms with Gasteiger partial charge in [0.15, 0.2) is 5.78 Å². The van der Waals surface area contributed by atoms with Gasteiger partial charge in [0.1, 0.15) is 17.3 Å². The van der Waals surface area contributed by atoms with Crippen LogP contribution in [0.2, 0.25) is 0 Å². The summed E-state index contributed by atoms with van der Waals surface area (Å²) >= 11 is 6.40. The second-order valence-corrected chi connectivity index (χ2v) is 6.77. The zero-order valence-corrected chi connectivity index (χ0v) is 16.0. The number of allylic oxidation sites excluding steroid dienone is 3. The monoisotopic (exact) mass is 464 g/mol. The van der Waals surface area contributed by atoms with Gasteiger partial charge in [0.05, 0.1) is 8.95 Å². The van der Waals surface area contributed by atoms with Crippen LogP contribution in [0.4, 0.5) is 0 Å². The number of phenolic OH excluding ortho intramolecular Hbond substituents is 2. The maximum atomic E-state index is 11.8. The molecule has 0 heterocycles. The normalized spacial score (nSPS) is 12.2. The highest BCUT2D eigenvalue weighted by atomic mass is 79.9. The van der Waals surface area contributed by atoms with Crippen molar-refractivity contribution in [3.63, 3.8) is 0 Å². The highest BCUT2D eigenvalue weighted by molar-refractivity contribution is 9.10. The van der Waals surface area contributed by atoms with Crippen LogP contribution >= 0.6 is 31.9 Å². The predicted octanol–water partition coefficient (Wildman–Crippen LogP) is 5.36. The molecule has 3 N–H and O–H groups in total. The third kappa shape index (κ3) is 5.92. The lowest BCUT2D eigenvalue weighted by atomic mass is 10.1. The van der Waals surface area contributed by atoms with E-state index in [0.717, 1.165) is 17.2 Å². The summed E-state index contributed by atoms with van der Waals surface area (Å²) < 4.78 is 1.07. The second kappa shape index (κ2) is 8.69. The highest BCUT2D eigenvalue weighted by Crippen LogP contribution is 2.25. The van der Waals surface area contributed by atoms with Crippen molar-refractivity contribution in [3.8, 4) is 11.5 Å². The largest absolute Gasteiger partial charge is 0.508 e. The molecule has 0 fully saturated rings. The average Bonchev–Trinajstić information content (AvgIpc) is 2.57. The molecule has 0 atom stereocenters. The number of rotatable bonds is 5. The van der Waals surface area contributed by atoms with Crippen molar-refractivity contribution in [1.82, 2.24) is 0 Å². The quantitative estimate of drug-likeness (QED) is 0.315. The number of ketones is 1. The number of aliphatic hydroxyl groups excluding tert-OH is 1. The maximum Gasteiger partial charge on any atom is 0.182 e. The van der Waals surface area contributed by atoms with E-state index < -0.39 is 0 Å². The summed E-state index contributed by atoms with van der Waals surface area (Å²) in [6.07, 6.45) is 7.00. The second-order valence-electron chi connectivity index (χ2n) is 5.06. The Kier molecular flexibility index (Phi) is 6.61. The molecule has 0 bridgehead atoms. The average molecular weight is 466 g/mol. The van der Waals surface area contributed by atoms with Crippen molar-refractivity contribution >= 4 is 49.8 Å². The molecule has 6 heteroatoms. The van der Waals surface area contributed by atoms with Crippen molar-refractivity contribution in [2.75, 3.05) is 0 Å². The number of halogens is 2. The van der Waals surface area contributed by atoms with E-state index in [-0.39, 0.29) is 23.0 Å². The van der Waals surface area contributed by atoms with E-state index >= 15 is 0 Å². The Labute approximate surface area is 161 Å². The van der Waals surface area contributed by atoms with E-state index in [9.17, 15) is 20.1 Å². The first-order chi connectivity index (χ1) is 11.8. The van der Waals surface area contributed by atoms with Gasteiger partial charge in [-0.2, -0.15) is 0 Å². The van der Waals surface area contributed by atoms with Gasteiger partial charge in [-0.25, -0.2) is 0 Å². The Morgan fingerprint density at radius 3 is 1.80 bits per heavy atom. The van der Waals surface area contributed by atoms with Crippen LogP contribution in [0.3, 0.4) is 0 Å². The van der Waals surface area contributed by atoms with Gasteiger partial charge in [0, 0.05) is 6.08 Å². The van der Waals surface area contributed by atoms with E-state index in [0.29, 0.717) is 8.95 Å². The number of carbonyl (C=O) groups is 1. The standard InChI is InChI=1S/C19H14Br2O4/c20-16-9-12(3-7-18(16)24)1-5-14(22)11-15(23)6-2-13-4-8-19(25)17(21)10-13/h1-11,22,24-25H/b5-1+,6-2+,14-11?. The SMILES string of the molecule is O=C(C=C(O)/C=C/c1ccc(O)c(Br)c1)/C=C/c1ccc(O)c(Br)c1. The van der Waals surface area contributed by atoms with Crippen LogP contribution in [0.25, 0.3) is 12.2 Å². The van der Waals surface area contributed by atoms with E-state index in [1.165, 1.54) is 24.3 Å². The lowest BCUT2D eigenvalue weighted by molar-refractivity contribution is -0.110. The lowest BCUT2D eigenvalue weighted by Gasteiger charge is -1.98. The Morgan fingerprint density at radius 2 is 1.32 bits per heavy atom. The number of hydrogen-bond acceptors (Lipinski definition) is 4. The number of aromatic hydroxyl groups is 2. The minimum absolute atomic E-state index is 0.118. The molecule has 0 spiro atoms. The van der Waals surface area contributed by atoms with Crippen LogP contribution in [0.5, 0.6) is 11.5 Å². The minimum atomic E-state index is -0.377. The summed E-state index contributed by atoms with van der Waals surface area (Å²) in [6, 6.07) is 9.73. The molecule has 0 aliphatic carbocycles. The van der Waals surface area contributed by atoms with E-state index in [4.69, 9.17) is 0 Å². The van der Waals surface area contributed by atoms with Gasteiger partial charge >= 0.3 is 0 Å². The summed E-state index contributed by atoms with van der Waals surface area (Å²) in [5.41, 5.74) is 1.48. The van der Waals surface area contributed by atoms with Gasteiger partial charge < -0.3 is 15.3 Å². The third-order valence-corrected chi connectivity index (χ3v) is 4.39. The van der Waals surface area contributed by atoms with Gasteiger partial charge in [0.25, 0.3) is 0 Å². The van der Waals surface area contributed by atoms with Crippen molar-refractivity contribution in [2.45, 2.75) is 0 Å². The third-order valence-electron chi connectivity index (χ3n) is 3.12. The van der Waals surface area contributed by atoms with Gasteiger partial charge in [-0.1, -0.05) is 24.3 Å². The fourth-order valence-electron chi connectivity index (χ4n) is 1.86. The lowest BCUT2D eigenvalue weighted by Crippen LogP contribution is -1.88. The Morgan fingerprint density at radius 1 is 0.840 bits per heavy atom. The predicted molar refractivity (Wildman–Crippen MR) is 105 cm³/mol. The van der Waals surface area contributed by atoms with Crippen LogP contribution in [0.15, 0.2) is 69.3 Å². The topological polar surface area (TPSA) is 77.8 Å². The molecule has 2 rings (SSSR count). The highest BCUT2D eigenvalue weighted by Gasteiger charge is 1.99. The molecule has 25 heavy (non-hydrogen) atoms. The smallest absolute Gasteiger partial charge is 0.182 e. The summed E-state index contributed by atoms with van der Waals surface area (Å²) in [4.78, 5) is 11.8. The molecule has 0 unspecified atom stereocenters. The van der Waals surface area contributed by atoms with Gasteiger partial charge in [-0.05, 0) is 79.4 Å². The molecule has 4 nitrogen and oxygen atoms in total. The van der Waals surface area contributed by atoms with E-state index in [2.05, 4.69) is 31.9 Å². The molecule has 0 amide bonds. The van der Waals surface area contributed by atoms with Crippen LogP contribution in [0.1, 0.15) is 11.1 Å². The maximum absolute atomic E-state index is 11.8. The molecule has 2 aromatic carbocycles. The van der Waals surface area contributed by atoms with Crippen molar-refractivity contribution in [3.05, 3.63) is 80.5 Å². The van der Waals surface area contributed by atoms with Gasteiger partial charge in [-0.3, -0.25) is 4.79 Å². The Balaban J connectivity index is 2.03. The number of hydrogen-bond donors (Lipinski definition) is 3. The molecule has 0 aromatic heterocycles. The molecule has 0 aliphatic heterocycles. The number of carbonyl (C=O) groups excluding carboxylic acids is 1. The summed E-state index contributed by atoms with van der Waals surface area (Å²) in [7, 11) is 0. The first-order valence-electron chi connectivity index (χ1n) is 7.13. The first-order valence-corrected chi connectivity index (χ1v) is 8.71. The van der Waals surface area contributed by atoms with Crippen LogP contribution in [0, 0.1) is 0 Å². The number of aliphatic hydroxyl groups is 1. The Bertz CT molecular complexity index is 883. The minimum Gasteiger partial charge on any atom is -0.508 e. The zero-order chi connectivity index (χ0) is 18.4. The molecule has 0 aliphatic rings. The Hall–Kier alpha value is -2.31. The molecule has 0 radical (unpaired) electrons. The molecular formula is C19H14Br2O4. The fraction of sp³-hybridized carbons (Fsp3) is 0. The van der Waals surface area contributed by atoms with Crippen molar-refractivity contribution < 1.29 is 20.1 Å². The molecule has 0 saturated heterocycles. The summed E-state index contributed by atoms with van der Waals surface area (Å²) in [5.74, 6) is -0.325. The summed E-state index contributed by atoms with van der Waals surface area (Å²) in [5, 5.41) is 28.6. The van der Waals surface area contributed by atoms with Crippen LogP contribution in [-0.2, 0) is 4.79 Å². The van der Waals surface area contributed by atoms with E-state index in [1.54, 1.807) is 36.4 Å². The van der Waals surface area contributed by atoms with Crippen molar-refractivity contribution in [1.29, 1.82) is 0 Å². The zero-order valence-electron chi connectivity index (χ0n) is 12.9. The number of phenols is 2. The number of benzene rings is 2.